The molecule has 2 nitrogen and oxygen atoms in total. The molecular formula is C26H39NO. The fourth-order valence-electron chi connectivity index (χ4n) is 3.87. The molecule has 2 heteroatoms. The summed E-state index contributed by atoms with van der Waals surface area (Å²) in [7, 11) is 2.10. The maximum atomic E-state index is 13.3. The molecule has 0 unspecified atom stereocenters. The van der Waals surface area contributed by atoms with E-state index in [1.807, 2.05) is 0 Å². The lowest BCUT2D eigenvalue weighted by atomic mass is 9.70. The van der Waals surface area contributed by atoms with Crippen molar-refractivity contribution < 1.29 is 4.79 Å². The molecule has 1 aliphatic heterocycles. The number of ketones is 1. The zero-order valence-corrected chi connectivity index (χ0v) is 19.8. The summed E-state index contributed by atoms with van der Waals surface area (Å²) in [5.74, 6) is 1.01. The summed E-state index contributed by atoms with van der Waals surface area (Å²) < 4.78 is 0. The Balaban J connectivity index is 2.90. The molecule has 1 heterocycles. The molecule has 0 aromatic rings. The number of carbonyl (C=O) groups excluding carboxylic acids is 1. The van der Waals surface area contributed by atoms with Gasteiger partial charge in [-0.25, -0.2) is 0 Å². The van der Waals surface area contributed by atoms with Gasteiger partial charge >= 0.3 is 0 Å². The Morgan fingerprint density at radius 1 is 0.750 bits per heavy atom. The van der Waals surface area contributed by atoms with Gasteiger partial charge in [0.05, 0.1) is 0 Å². The predicted octanol–water partition coefficient (Wildman–Crippen LogP) is 6.84. The Morgan fingerprint density at radius 2 is 1.11 bits per heavy atom. The Morgan fingerprint density at radius 3 is 1.39 bits per heavy atom. The molecule has 154 valence electrons. The van der Waals surface area contributed by atoms with Crippen molar-refractivity contribution in [2.45, 2.75) is 69.2 Å². The number of hydrogen-bond acceptors (Lipinski definition) is 2. The third kappa shape index (κ3) is 4.42. The highest BCUT2D eigenvalue weighted by Crippen LogP contribution is 2.43. The van der Waals surface area contributed by atoms with Crippen LogP contribution in [-0.2, 0) is 4.79 Å². The molecule has 0 spiro atoms. The van der Waals surface area contributed by atoms with Crippen LogP contribution < -0.4 is 0 Å². The molecule has 0 aromatic heterocycles. The van der Waals surface area contributed by atoms with Crippen molar-refractivity contribution in [1.29, 1.82) is 0 Å². The summed E-state index contributed by atoms with van der Waals surface area (Å²) in [6, 6.07) is 0. The van der Waals surface area contributed by atoms with Crippen LogP contribution in [0, 0.1) is 22.7 Å². The van der Waals surface area contributed by atoms with Crippen LogP contribution in [0.4, 0.5) is 0 Å². The maximum Gasteiger partial charge on any atom is 0.186 e. The standard InChI is InChI=1S/C26H39NO/c1-16(2)19-14-27(11)15-20(17(3)4)23(19)18-12-21(25(5,6)7)24(28)22(13-18)26(8,9)10/h12-17H,1-11H3. The lowest BCUT2D eigenvalue weighted by Gasteiger charge is -2.34. The molecule has 28 heavy (non-hydrogen) atoms. The van der Waals surface area contributed by atoms with Crippen molar-refractivity contribution in [3.8, 4) is 0 Å². The average molecular weight is 382 g/mol. The van der Waals surface area contributed by atoms with Gasteiger partial charge in [-0.15, -0.1) is 0 Å². The first kappa shape index (κ1) is 22.5. The Kier molecular flexibility index (Phi) is 6.05. The molecule has 2 rings (SSSR count). The number of allylic oxidation sites excluding steroid dienone is 8. The molecule has 0 saturated heterocycles. The van der Waals surface area contributed by atoms with Crippen LogP contribution in [0.3, 0.4) is 0 Å². The molecule has 1 aliphatic carbocycles. The number of hydrogen-bond donors (Lipinski definition) is 0. The highest BCUT2D eigenvalue weighted by molar-refractivity contribution is 6.12. The van der Waals surface area contributed by atoms with Crippen molar-refractivity contribution >= 4 is 5.78 Å². The summed E-state index contributed by atoms with van der Waals surface area (Å²) in [6.45, 7) is 21.8. The first-order valence-electron chi connectivity index (χ1n) is 10.5. The normalized spacial score (nSPS) is 19.2. The van der Waals surface area contributed by atoms with E-state index in [9.17, 15) is 4.79 Å². The fraction of sp³-hybridized carbons (Fsp3) is 0.577. The first-order valence-corrected chi connectivity index (χ1v) is 10.5. The molecule has 0 bridgehead atoms. The molecule has 0 N–H and O–H groups in total. The quantitative estimate of drug-likeness (QED) is 0.522. The Labute approximate surface area is 172 Å². The lowest BCUT2D eigenvalue weighted by molar-refractivity contribution is -0.114. The van der Waals surface area contributed by atoms with Gasteiger partial charge in [-0.05, 0) is 57.1 Å². The van der Waals surface area contributed by atoms with Gasteiger partial charge in [-0.1, -0.05) is 69.2 Å². The van der Waals surface area contributed by atoms with Crippen LogP contribution in [0.5, 0.6) is 0 Å². The van der Waals surface area contributed by atoms with E-state index in [-0.39, 0.29) is 16.6 Å². The van der Waals surface area contributed by atoms with Gasteiger partial charge in [0.25, 0.3) is 0 Å². The van der Waals surface area contributed by atoms with Gasteiger partial charge < -0.3 is 4.90 Å². The number of nitrogens with zero attached hydrogens (tertiary/aromatic N) is 1. The van der Waals surface area contributed by atoms with Crippen molar-refractivity contribution in [2.75, 3.05) is 7.05 Å². The summed E-state index contributed by atoms with van der Waals surface area (Å²) >= 11 is 0. The van der Waals surface area contributed by atoms with Crippen LogP contribution in [0.15, 0.2) is 58.0 Å². The van der Waals surface area contributed by atoms with E-state index in [4.69, 9.17) is 0 Å². The van der Waals surface area contributed by atoms with E-state index < -0.39 is 0 Å². The van der Waals surface area contributed by atoms with E-state index in [0.29, 0.717) is 11.8 Å². The second-order valence-corrected chi connectivity index (χ2v) is 10.9. The van der Waals surface area contributed by atoms with Crippen LogP contribution in [0.1, 0.15) is 69.2 Å². The zero-order chi connectivity index (χ0) is 21.6. The molecule has 2 aliphatic rings. The van der Waals surface area contributed by atoms with E-state index in [1.54, 1.807) is 0 Å². The summed E-state index contributed by atoms with van der Waals surface area (Å²) in [5.41, 5.74) is 6.60. The van der Waals surface area contributed by atoms with E-state index in [2.05, 4.69) is 106 Å². The van der Waals surface area contributed by atoms with Crippen LogP contribution in [0.2, 0.25) is 0 Å². The van der Waals surface area contributed by atoms with Gasteiger partial charge in [0.2, 0.25) is 0 Å². The van der Waals surface area contributed by atoms with Crippen LogP contribution in [0.25, 0.3) is 0 Å². The van der Waals surface area contributed by atoms with Gasteiger partial charge in [0.15, 0.2) is 5.78 Å². The highest BCUT2D eigenvalue weighted by atomic mass is 16.1. The molecule has 0 fully saturated rings. The molecule has 0 aromatic carbocycles. The predicted molar refractivity (Wildman–Crippen MR) is 121 cm³/mol. The SMILES string of the molecule is CC(C)C1=CN(C)C=C(C(C)C)C1=C1C=C(C(C)(C)C)C(=O)C(C(C)(C)C)=C1. The fourth-order valence-corrected chi connectivity index (χ4v) is 3.87. The minimum absolute atomic E-state index is 0.192. The van der Waals surface area contributed by atoms with Gasteiger partial charge in [0.1, 0.15) is 0 Å². The first-order chi connectivity index (χ1) is 12.6. The van der Waals surface area contributed by atoms with Crippen molar-refractivity contribution in [2.24, 2.45) is 22.7 Å². The van der Waals surface area contributed by atoms with E-state index >= 15 is 0 Å². The molecule has 0 atom stereocenters. The van der Waals surface area contributed by atoms with E-state index in [0.717, 1.165) is 11.1 Å². The third-order valence-electron chi connectivity index (χ3n) is 5.50. The second-order valence-electron chi connectivity index (χ2n) is 10.9. The van der Waals surface area contributed by atoms with Crippen LogP contribution in [-0.4, -0.2) is 17.7 Å². The second kappa shape index (κ2) is 7.54. The molecular weight excluding hydrogens is 342 g/mol. The third-order valence-corrected chi connectivity index (χ3v) is 5.50. The minimum atomic E-state index is -0.192. The Bertz CT molecular complexity index is 747. The lowest BCUT2D eigenvalue weighted by Crippen LogP contribution is -2.28. The minimum Gasteiger partial charge on any atom is -0.357 e. The molecule has 0 saturated carbocycles. The number of carbonyl (C=O) groups is 1. The summed E-state index contributed by atoms with van der Waals surface area (Å²) in [5, 5.41) is 0. The summed E-state index contributed by atoms with van der Waals surface area (Å²) in [4.78, 5) is 15.5. The van der Waals surface area contributed by atoms with Crippen molar-refractivity contribution in [3.05, 3.63) is 58.0 Å². The van der Waals surface area contributed by atoms with Crippen molar-refractivity contribution in [3.63, 3.8) is 0 Å². The average Bonchev–Trinajstić information content (AvgIpc) is 2.52. The Hall–Kier alpha value is -1.83. The van der Waals surface area contributed by atoms with Gasteiger partial charge in [0, 0.05) is 30.6 Å². The largest absolute Gasteiger partial charge is 0.357 e. The highest BCUT2D eigenvalue weighted by Gasteiger charge is 2.35. The molecule has 0 amide bonds. The number of rotatable bonds is 2. The monoisotopic (exact) mass is 381 g/mol. The van der Waals surface area contributed by atoms with Crippen LogP contribution >= 0.6 is 0 Å². The van der Waals surface area contributed by atoms with Gasteiger partial charge in [-0.3, -0.25) is 4.79 Å². The summed E-state index contributed by atoms with van der Waals surface area (Å²) in [6.07, 6.45) is 8.80. The number of Topliss-reactive ketones (excluding diaryl/α,β-unsaturated/α-hetero) is 1. The van der Waals surface area contributed by atoms with Crippen molar-refractivity contribution in [1.82, 2.24) is 4.90 Å². The zero-order valence-electron chi connectivity index (χ0n) is 19.8. The molecule has 0 radical (unpaired) electrons. The maximum absolute atomic E-state index is 13.3. The smallest absolute Gasteiger partial charge is 0.186 e. The topological polar surface area (TPSA) is 20.3 Å². The van der Waals surface area contributed by atoms with E-state index in [1.165, 1.54) is 22.3 Å². The van der Waals surface area contributed by atoms with Gasteiger partial charge in [-0.2, -0.15) is 0 Å².